The standard InChI is InChI=1S/C11H18N2O/c1-14-8-4-6-11-12-9-10-5-2-3-7-13(10)11/h9H,2-8H2,1H3. The summed E-state index contributed by atoms with van der Waals surface area (Å²) in [6.07, 6.45) is 8.00. The van der Waals surface area contributed by atoms with E-state index >= 15 is 0 Å². The lowest BCUT2D eigenvalue weighted by Crippen LogP contribution is -2.13. The molecule has 0 bridgehead atoms. The number of fused-ring (bicyclic) bond motifs is 1. The van der Waals surface area contributed by atoms with Gasteiger partial charge in [-0.05, 0) is 25.7 Å². The van der Waals surface area contributed by atoms with E-state index in [1.54, 1.807) is 7.11 Å². The van der Waals surface area contributed by atoms with Crippen LogP contribution >= 0.6 is 0 Å². The van der Waals surface area contributed by atoms with Gasteiger partial charge in [-0.2, -0.15) is 0 Å². The Hall–Kier alpha value is -0.830. The molecule has 14 heavy (non-hydrogen) atoms. The maximum absolute atomic E-state index is 5.05. The zero-order valence-corrected chi connectivity index (χ0v) is 8.83. The Kier molecular flexibility index (Phi) is 3.19. The van der Waals surface area contributed by atoms with Crippen LogP contribution in [0, 0.1) is 0 Å². The topological polar surface area (TPSA) is 27.1 Å². The first kappa shape index (κ1) is 9.71. The molecule has 1 aliphatic heterocycles. The molecule has 3 heteroatoms. The largest absolute Gasteiger partial charge is 0.385 e. The van der Waals surface area contributed by atoms with Gasteiger partial charge < -0.3 is 9.30 Å². The molecule has 0 spiro atoms. The van der Waals surface area contributed by atoms with Gasteiger partial charge in [0, 0.05) is 38.6 Å². The van der Waals surface area contributed by atoms with Crippen LogP contribution in [-0.2, 0) is 24.1 Å². The van der Waals surface area contributed by atoms with Gasteiger partial charge in [-0.1, -0.05) is 0 Å². The summed E-state index contributed by atoms with van der Waals surface area (Å²) in [7, 11) is 1.75. The number of nitrogens with zero attached hydrogens (tertiary/aromatic N) is 2. The van der Waals surface area contributed by atoms with Crippen LogP contribution in [0.15, 0.2) is 6.20 Å². The minimum Gasteiger partial charge on any atom is -0.385 e. The Morgan fingerprint density at radius 3 is 3.29 bits per heavy atom. The lowest BCUT2D eigenvalue weighted by Gasteiger charge is -2.16. The van der Waals surface area contributed by atoms with Gasteiger partial charge in [-0.3, -0.25) is 0 Å². The van der Waals surface area contributed by atoms with E-state index in [4.69, 9.17) is 4.74 Å². The van der Waals surface area contributed by atoms with Crippen LogP contribution in [0.3, 0.4) is 0 Å². The van der Waals surface area contributed by atoms with Crippen LogP contribution < -0.4 is 0 Å². The Morgan fingerprint density at radius 2 is 2.43 bits per heavy atom. The maximum Gasteiger partial charge on any atom is 0.108 e. The van der Waals surface area contributed by atoms with E-state index in [2.05, 4.69) is 9.55 Å². The van der Waals surface area contributed by atoms with Crippen LogP contribution in [0.4, 0.5) is 0 Å². The number of hydrogen-bond acceptors (Lipinski definition) is 2. The summed E-state index contributed by atoms with van der Waals surface area (Å²) in [5, 5.41) is 0. The SMILES string of the molecule is COCCCc1ncc2n1CCCC2. The second kappa shape index (κ2) is 4.60. The lowest BCUT2D eigenvalue weighted by molar-refractivity contribution is 0.194. The molecule has 2 heterocycles. The third kappa shape index (κ3) is 1.98. The summed E-state index contributed by atoms with van der Waals surface area (Å²) in [5.74, 6) is 1.25. The van der Waals surface area contributed by atoms with E-state index in [1.807, 2.05) is 6.20 Å². The van der Waals surface area contributed by atoms with Crippen LogP contribution in [0.1, 0.15) is 30.8 Å². The van der Waals surface area contributed by atoms with Crippen LogP contribution in [0.25, 0.3) is 0 Å². The monoisotopic (exact) mass is 194 g/mol. The van der Waals surface area contributed by atoms with Crippen molar-refractivity contribution in [1.29, 1.82) is 0 Å². The molecule has 0 atom stereocenters. The van der Waals surface area contributed by atoms with Crippen molar-refractivity contribution in [3.63, 3.8) is 0 Å². The maximum atomic E-state index is 5.05. The van der Waals surface area contributed by atoms with Gasteiger partial charge in [-0.25, -0.2) is 4.98 Å². The average Bonchev–Trinajstić information content (AvgIpc) is 2.63. The van der Waals surface area contributed by atoms with Crippen molar-refractivity contribution >= 4 is 0 Å². The van der Waals surface area contributed by atoms with Gasteiger partial charge in [0.25, 0.3) is 0 Å². The Bertz CT molecular complexity index is 293. The fourth-order valence-electron chi connectivity index (χ4n) is 2.08. The summed E-state index contributed by atoms with van der Waals surface area (Å²) in [5.41, 5.74) is 1.42. The molecule has 0 radical (unpaired) electrons. The first-order valence-electron chi connectivity index (χ1n) is 5.44. The smallest absolute Gasteiger partial charge is 0.108 e. The van der Waals surface area contributed by atoms with Crippen LogP contribution in [0.5, 0.6) is 0 Å². The number of imidazole rings is 1. The quantitative estimate of drug-likeness (QED) is 0.683. The van der Waals surface area contributed by atoms with Gasteiger partial charge in [0.2, 0.25) is 0 Å². The summed E-state index contributed by atoms with van der Waals surface area (Å²) >= 11 is 0. The van der Waals surface area contributed by atoms with Gasteiger partial charge in [0.05, 0.1) is 0 Å². The number of ether oxygens (including phenoxy) is 1. The number of aryl methyl sites for hydroxylation is 2. The first-order chi connectivity index (χ1) is 6.92. The normalized spacial score (nSPS) is 15.5. The Labute approximate surface area is 85.1 Å². The van der Waals surface area contributed by atoms with Gasteiger partial charge in [0.15, 0.2) is 0 Å². The molecule has 1 aliphatic rings. The second-order valence-electron chi connectivity index (χ2n) is 3.87. The molecule has 1 aromatic rings. The molecular weight excluding hydrogens is 176 g/mol. The third-order valence-electron chi connectivity index (χ3n) is 2.83. The summed E-state index contributed by atoms with van der Waals surface area (Å²) in [6, 6.07) is 0. The predicted octanol–water partition coefficient (Wildman–Crippen LogP) is 1.80. The molecule has 0 aliphatic carbocycles. The number of rotatable bonds is 4. The fraction of sp³-hybridized carbons (Fsp3) is 0.727. The van der Waals surface area contributed by atoms with E-state index in [0.29, 0.717) is 0 Å². The Balaban J connectivity index is 1.99. The van der Waals surface area contributed by atoms with Crippen molar-refractivity contribution in [2.75, 3.05) is 13.7 Å². The first-order valence-corrected chi connectivity index (χ1v) is 5.44. The molecule has 1 aromatic heterocycles. The van der Waals surface area contributed by atoms with Gasteiger partial charge in [0.1, 0.15) is 5.82 Å². The zero-order valence-electron chi connectivity index (χ0n) is 8.83. The molecule has 0 saturated carbocycles. The van der Waals surface area contributed by atoms with Gasteiger partial charge in [-0.15, -0.1) is 0 Å². The van der Waals surface area contributed by atoms with Crippen LogP contribution in [-0.4, -0.2) is 23.3 Å². The van der Waals surface area contributed by atoms with Crippen LogP contribution in [0.2, 0.25) is 0 Å². The van der Waals surface area contributed by atoms with Crippen molar-refractivity contribution in [3.05, 3.63) is 17.7 Å². The number of methoxy groups -OCH3 is 1. The minimum atomic E-state index is 0.836. The molecule has 2 rings (SSSR count). The summed E-state index contributed by atoms with van der Waals surface area (Å²) < 4.78 is 7.44. The number of hydrogen-bond donors (Lipinski definition) is 0. The highest BCUT2D eigenvalue weighted by atomic mass is 16.5. The third-order valence-corrected chi connectivity index (χ3v) is 2.83. The Morgan fingerprint density at radius 1 is 1.50 bits per heavy atom. The fourth-order valence-corrected chi connectivity index (χ4v) is 2.08. The minimum absolute atomic E-state index is 0.836. The van der Waals surface area contributed by atoms with Crippen molar-refractivity contribution < 1.29 is 4.74 Å². The molecule has 78 valence electrons. The van der Waals surface area contributed by atoms with Crippen molar-refractivity contribution in [1.82, 2.24) is 9.55 Å². The highest BCUT2D eigenvalue weighted by Crippen LogP contribution is 2.17. The lowest BCUT2D eigenvalue weighted by atomic mass is 10.1. The van der Waals surface area contributed by atoms with Crippen molar-refractivity contribution in [3.8, 4) is 0 Å². The van der Waals surface area contributed by atoms with E-state index in [9.17, 15) is 0 Å². The number of aromatic nitrogens is 2. The molecule has 0 amide bonds. The van der Waals surface area contributed by atoms with E-state index in [-0.39, 0.29) is 0 Å². The average molecular weight is 194 g/mol. The molecule has 0 aromatic carbocycles. The molecule has 3 nitrogen and oxygen atoms in total. The van der Waals surface area contributed by atoms with Gasteiger partial charge >= 0.3 is 0 Å². The van der Waals surface area contributed by atoms with Crippen molar-refractivity contribution in [2.24, 2.45) is 0 Å². The van der Waals surface area contributed by atoms with E-state index < -0.39 is 0 Å². The highest BCUT2D eigenvalue weighted by molar-refractivity contribution is 5.07. The summed E-state index contributed by atoms with van der Waals surface area (Å²) in [6.45, 7) is 2.00. The predicted molar refractivity (Wildman–Crippen MR) is 55.4 cm³/mol. The highest BCUT2D eigenvalue weighted by Gasteiger charge is 2.12. The molecule has 0 fully saturated rings. The van der Waals surface area contributed by atoms with Crippen molar-refractivity contribution in [2.45, 2.75) is 38.6 Å². The second-order valence-corrected chi connectivity index (χ2v) is 3.87. The molecule has 0 N–H and O–H groups in total. The zero-order chi connectivity index (χ0) is 9.80. The molecule has 0 unspecified atom stereocenters. The molecule has 0 saturated heterocycles. The molecular formula is C11H18N2O. The summed E-state index contributed by atoms with van der Waals surface area (Å²) in [4.78, 5) is 4.48. The van der Waals surface area contributed by atoms with E-state index in [0.717, 1.165) is 26.0 Å². The van der Waals surface area contributed by atoms with E-state index in [1.165, 1.54) is 30.8 Å².